The smallest absolute Gasteiger partial charge is 0.142 e. The highest BCUT2D eigenvalue weighted by Gasteiger charge is 2.22. The molecule has 1 aliphatic rings. The van der Waals surface area contributed by atoms with Crippen molar-refractivity contribution in [2.75, 3.05) is 38.3 Å². The summed E-state index contributed by atoms with van der Waals surface area (Å²) in [7, 11) is 1.67. The third kappa shape index (κ3) is 2.78. The lowest BCUT2D eigenvalue weighted by Crippen LogP contribution is -2.45. The number of morpholine rings is 1. The van der Waals surface area contributed by atoms with Crippen molar-refractivity contribution in [2.24, 2.45) is 0 Å². The molecule has 0 aromatic carbocycles. The van der Waals surface area contributed by atoms with E-state index in [0.29, 0.717) is 18.9 Å². The fourth-order valence-electron chi connectivity index (χ4n) is 2.10. The van der Waals surface area contributed by atoms with Crippen LogP contribution in [-0.2, 0) is 9.47 Å². The molecule has 0 aliphatic carbocycles. The Morgan fingerprint density at radius 2 is 2.44 bits per heavy atom. The van der Waals surface area contributed by atoms with Gasteiger partial charge in [-0.1, -0.05) is 6.07 Å². The van der Waals surface area contributed by atoms with Gasteiger partial charge in [0.05, 0.1) is 19.3 Å². The van der Waals surface area contributed by atoms with Gasteiger partial charge in [-0.3, -0.25) is 0 Å². The Bertz CT molecular complexity index is 454. The lowest BCUT2D eigenvalue weighted by molar-refractivity contribution is -0.0102. The molecule has 1 aliphatic heterocycles. The Labute approximate surface area is 107 Å². The number of methoxy groups -OCH3 is 1. The molecular formula is C13H17N3O2. The molecule has 1 atom stereocenters. The van der Waals surface area contributed by atoms with Crippen molar-refractivity contribution in [3.63, 3.8) is 0 Å². The van der Waals surface area contributed by atoms with Gasteiger partial charge in [-0.2, -0.15) is 5.26 Å². The van der Waals surface area contributed by atoms with E-state index in [9.17, 15) is 0 Å². The minimum atomic E-state index is 0.0655. The summed E-state index contributed by atoms with van der Waals surface area (Å²) < 4.78 is 10.7. The number of hydrogen-bond donors (Lipinski definition) is 0. The van der Waals surface area contributed by atoms with Gasteiger partial charge in [0.25, 0.3) is 0 Å². The maximum absolute atomic E-state index is 8.91. The first-order chi connectivity index (χ1) is 8.74. The van der Waals surface area contributed by atoms with Crippen LogP contribution in [0.4, 0.5) is 5.82 Å². The molecule has 2 heterocycles. The van der Waals surface area contributed by atoms with Crippen LogP contribution in [0.2, 0.25) is 0 Å². The number of ether oxygens (including phenoxy) is 2. The Kier molecular flexibility index (Phi) is 4.13. The Morgan fingerprint density at radius 3 is 3.17 bits per heavy atom. The maximum Gasteiger partial charge on any atom is 0.142 e. The zero-order valence-electron chi connectivity index (χ0n) is 10.7. The molecule has 0 spiro atoms. The van der Waals surface area contributed by atoms with Crippen molar-refractivity contribution in [2.45, 2.75) is 13.0 Å². The van der Waals surface area contributed by atoms with Gasteiger partial charge < -0.3 is 14.4 Å². The zero-order valence-corrected chi connectivity index (χ0v) is 10.7. The summed E-state index contributed by atoms with van der Waals surface area (Å²) in [5.74, 6) is 0.874. The lowest BCUT2D eigenvalue weighted by atomic mass is 10.2. The summed E-state index contributed by atoms with van der Waals surface area (Å²) in [4.78, 5) is 6.53. The number of hydrogen-bond acceptors (Lipinski definition) is 5. The van der Waals surface area contributed by atoms with Gasteiger partial charge in [0.15, 0.2) is 0 Å². The molecule has 0 saturated carbocycles. The normalized spacial score (nSPS) is 19.6. The quantitative estimate of drug-likeness (QED) is 0.801. The van der Waals surface area contributed by atoms with Gasteiger partial charge in [0.2, 0.25) is 0 Å². The molecule has 0 unspecified atom stereocenters. The predicted molar refractivity (Wildman–Crippen MR) is 67.5 cm³/mol. The molecule has 96 valence electrons. The SMILES string of the molecule is COC[C@H]1CN(c2nc(C#N)ccc2C)CCO1. The molecule has 0 radical (unpaired) electrons. The van der Waals surface area contributed by atoms with Crippen LogP contribution >= 0.6 is 0 Å². The molecule has 0 N–H and O–H groups in total. The van der Waals surface area contributed by atoms with E-state index in [-0.39, 0.29) is 6.10 Å². The molecule has 0 amide bonds. The minimum Gasteiger partial charge on any atom is -0.382 e. The second-order valence-electron chi connectivity index (χ2n) is 4.34. The third-order valence-electron chi connectivity index (χ3n) is 2.98. The fraction of sp³-hybridized carbons (Fsp3) is 0.538. The molecule has 1 fully saturated rings. The van der Waals surface area contributed by atoms with E-state index >= 15 is 0 Å². The number of aromatic nitrogens is 1. The average molecular weight is 247 g/mol. The number of pyridine rings is 1. The second-order valence-corrected chi connectivity index (χ2v) is 4.34. The largest absolute Gasteiger partial charge is 0.382 e. The molecule has 1 aromatic heterocycles. The predicted octanol–water partition coefficient (Wildman–Crippen LogP) is 1.11. The number of rotatable bonds is 3. The molecule has 0 bridgehead atoms. The van der Waals surface area contributed by atoms with Crippen LogP contribution in [0.3, 0.4) is 0 Å². The topological polar surface area (TPSA) is 58.4 Å². The van der Waals surface area contributed by atoms with Crippen LogP contribution in [0.5, 0.6) is 0 Å². The minimum absolute atomic E-state index is 0.0655. The Morgan fingerprint density at radius 1 is 1.61 bits per heavy atom. The van der Waals surface area contributed by atoms with Crippen molar-refractivity contribution >= 4 is 5.82 Å². The summed E-state index contributed by atoms with van der Waals surface area (Å²) in [6.45, 7) is 4.78. The van der Waals surface area contributed by atoms with E-state index in [1.807, 2.05) is 13.0 Å². The number of nitrogens with zero attached hydrogens (tertiary/aromatic N) is 3. The first kappa shape index (κ1) is 12.8. The molecule has 2 rings (SSSR count). The van der Waals surface area contributed by atoms with Crippen molar-refractivity contribution in [3.05, 3.63) is 23.4 Å². The van der Waals surface area contributed by atoms with Crippen LogP contribution in [0, 0.1) is 18.3 Å². The summed E-state index contributed by atoms with van der Waals surface area (Å²) in [6.07, 6.45) is 0.0655. The van der Waals surface area contributed by atoms with Crippen LogP contribution in [0.15, 0.2) is 12.1 Å². The molecule has 5 nitrogen and oxygen atoms in total. The van der Waals surface area contributed by atoms with E-state index in [4.69, 9.17) is 14.7 Å². The zero-order chi connectivity index (χ0) is 13.0. The van der Waals surface area contributed by atoms with Crippen molar-refractivity contribution in [1.82, 2.24) is 4.98 Å². The molecule has 1 saturated heterocycles. The summed E-state index contributed by atoms with van der Waals surface area (Å²) in [6, 6.07) is 5.75. The van der Waals surface area contributed by atoms with Gasteiger partial charge in [0, 0.05) is 20.2 Å². The number of aryl methyl sites for hydroxylation is 1. The van der Waals surface area contributed by atoms with Gasteiger partial charge in [0.1, 0.15) is 17.6 Å². The van der Waals surface area contributed by atoms with Crippen LogP contribution in [0.25, 0.3) is 0 Å². The van der Waals surface area contributed by atoms with Gasteiger partial charge in [-0.05, 0) is 18.6 Å². The van der Waals surface area contributed by atoms with E-state index in [0.717, 1.165) is 24.5 Å². The lowest BCUT2D eigenvalue weighted by Gasteiger charge is -2.34. The number of anilines is 1. The van der Waals surface area contributed by atoms with Crippen molar-refractivity contribution in [1.29, 1.82) is 5.26 Å². The van der Waals surface area contributed by atoms with Crippen LogP contribution in [0.1, 0.15) is 11.3 Å². The molecule has 5 heteroatoms. The van der Waals surface area contributed by atoms with Gasteiger partial charge >= 0.3 is 0 Å². The van der Waals surface area contributed by atoms with Gasteiger partial charge in [-0.15, -0.1) is 0 Å². The first-order valence-electron chi connectivity index (χ1n) is 5.98. The van der Waals surface area contributed by atoms with Crippen LogP contribution < -0.4 is 4.90 Å². The van der Waals surface area contributed by atoms with Crippen molar-refractivity contribution < 1.29 is 9.47 Å². The average Bonchev–Trinajstić information content (AvgIpc) is 2.40. The first-order valence-corrected chi connectivity index (χ1v) is 5.98. The Hall–Kier alpha value is -1.64. The monoisotopic (exact) mass is 247 g/mol. The molecule has 1 aromatic rings. The molecule has 18 heavy (non-hydrogen) atoms. The van der Waals surface area contributed by atoms with E-state index in [1.54, 1.807) is 13.2 Å². The van der Waals surface area contributed by atoms with E-state index in [2.05, 4.69) is 16.0 Å². The highest BCUT2D eigenvalue weighted by Crippen LogP contribution is 2.20. The fourth-order valence-corrected chi connectivity index (χ4v) is 2.10. The van der Waals surface area contributed by atoms with E-state index < -0.39 is 0 Å². The van der Waals surface area contributed by atoms with Crippen LogP contribution in [-0.4, -0.2) is 44.5 Å². The van der Waals surface area contributed by atoms with Gasteiger partial charge in [-0.25, -0.2) is 4.98 Å². The number of nitriles is 1. The Balaban J connectivity index is 2.17. The van der Waals surface area contributed by atoms with Crippen molar-refractivity contribution in [3.8, 4) is 6.07 Å². The van der Waals surface area contributed by atoms with E-state index in [1.165, 1.54) is 0 Å². The summed E-state index contributed by atoms with van der Waals surface area (Å²) in [5, 5.41) is 8.91. The highest BCUT2D eigenvalue weighted by molar-refractivity contribution is 5.49. The highest BCUT2D eigenvalue weighted by atomic mass is 16.5. The third-order valence-corrected chi connectivity index (χ3v) is 2.98. The summed E-state index contributed by atoms with van der Waals surface area (Å²) >= 11 is 0. The molecular weight excluding hydrogens is 230 g/mol. The maximum atomic E-state index is 8.91. The second kappa shape index (κ2) is 5.80. The summed E-state index contributed by atoms with van der Waals surface area (Å²) in [5.41, 5.74) is 1.53. The standard InChI is InChI=1S/C13H17N3O2/c1-10-3-4-11(7-14)15-13(10)16-5-6-18-12(8-16)9-17-2/h3-4,12H,5-6,8-9H2,1-2H3/t12-/m1/s1.